The van der Waals surface area contributed by atoms with E-state index in [0.717, 1.165) is 22.7 Å². The maximum Gasteiger partial charge on any atom is 0.0798 e. The third-order valence-corrected chi connectivity index (χ3v) is 1.92. The number of aliphatic hydroxyl groups is 1. The summed E-state index contributed by atoms with van der Waals surface area (Å²) in [4.78, 5) is 4.24. The van der Waals surface area contributed by atoms with Gasteiger partial charge in [0.05, 0.1) is 11.8 Å². The van der Waals surface area contributed by atoms with E-state index in [2.05, 4.69) is 4.98 Å². The minimum atomic E-state index is 0.912. The summed E-state index contributed by atoms with van der Waals surface area (Å²) in [6.07, 6.45) is 4.41. The van der Waals surface area contributed by atoms with Crippen LogP contribution < -0.4 is 0 Å². The molecule has 0 spiro atoms. The number of nitrogens with zero attached hydrogens (tertiary/aromatic N) is 1. The molecule has 0 saturated heterocycles. The molecule has 0 radical (unpaired) electrons. The molecule has 2 nitrogen and oxygen atoms in total. The van der Waals surface area contributed by atoms with Crippen molar-refractivity contribution in [1.29, 1.82) is 0 Å². The quantitative estimate of drug-likeness (QED) is 0.669. The fraction of sp³-hybridized carbons (Fsp3) is 0. The van der Waals surface area contributed by atoms with Gasteiger partial charge in [-0.3, -0.25) is 4.98 Å². The second kappa shape index (κ2) is 3.27. The summed E-state index contributed by atoms with van der Waals surface area (Å²) in [7, 11) is 0. The first-order chi connectivity index (χ1) is 6.42. The number of hydrogen-bond donors (Lipinski definition) is 1. The molecule has 0 bridgehead atoms. The molecule has 0 amide bonds. The molecule has 0 aliphatic rings. The molecule has 0 atom stereocenters. The third-order valence-electron chi connectivity index (χ3n) is 1.92. The molecule has 1 aromatic heterocycles. The Morgan fingerprint density at radius 2 is 2.00 bits per heavy atom. The Morgan fingerprint density at radius 1 is 1.15 bits per heavy atom. The summed E-state index contributed by atoms with van der Waals surface area (Å²) < 4.78 is 0. The maximum absolute atomic E-state index is 8.67. The first-order valence-electron chi connectivity index (χ1n) is 4.06. The topological polar surface area (TPSA) is 33.1 Å². The van der Waals surface area contributed by atoms with Crippen LogP contribution in [0, 0.1) is 0 Å². The zero-order chi connectivity index (χ0) is 9.10. The van der Waals surface area contributed by atoms with Crippen molar-refractivity contribution in [2.75, 3.05) is 0 Å². The van der Waals surface area contributed by atoms with Crippen LogP contribution in [0.3, 0.4) is 0 Å². The highest BCUT2D eigenvalue weighted by atomic mass is 16.2. The first kappa shape index (κ1) is 7.80. The van der Waals surface area contributed by atoms with Crippen LogP contribution in [0.1, 0.15) is 5.56 Å². The van der Waals surface area contributed by atoms with Gasteiger partial charge < -0.3 is 5.11 Å². The number of hydrogen-bond acceptors (Lipinski definition) is 2. The van der Waals surface area contributed by atoms with Gasteiger partial charge in [0.25, 0.3) is 0 Å². The Labute approximate surface area is 76.2 Å². The largest absolute Gasteiger partial charge is 0.516 e. The number of aliphatic hydroxyl groups excluding tert-OH is 1. The Balaban J connectivity index is 2.75. The van der Waals surface area contributed by atoms with Crippen LogP contribution in [-0.2, 0) is 0 Å². The van der Waals surface area contributed by atoms with Gasteiger partial charge in [0, 0.05) is 17.1 Å². The zero-order valence-electron chi connectivity index (χ0n) is 7.01. The number of fused-ring (bicyclic) bond motifs is 1. The standard InChI is InChI=1S/C11H9NO/c13-8-6-10-4-1-3-9-5-2-7-12-11(9)10/h1-8,13H. The van der Waals surface area contributed by atoms with E-state index in [9.17, 15) is 0 Å². The summed E-state index contributed by atoms with van der Waals surface area (Å²) in [6, 6.07) is 9.75. The summed E-state index contributed by atoms with van der Waals surface area (Å²) in [6.45, 7) is 0. The van der Waals surface area contributed by atoms with Crippen LogP contribution in [0.5, 0.6) is 0 Å². The van der Waals surface area contributed by atoms with E-state index < -0.39 is 0 Å². The fourth-order valence-electron chi connectivity index (χ4n) is 1.34. The second-order valence-electron chi connectivity index (χ2n) is 2.74. The molecule has 1 aromatic carbocycles. The maximum atomic E-state index is 8.67. The van der Waals surface area contributed by atoms with Crippen molar-refractivity contribution in [1.82, 2.24) is 4.98 Å². The molecule has 0 saturated carbocycles. The monoisotopic (exact) mass is 171 g/mol. The number of pyridine rings is 1. The normalized spacial score (nSPS) is 11.1. The fourth-order valence-corrected chi connectivity index (χ4v) is 1.34. The van der Waals surface area contributed by atoms with Crippen LogP contribution in [-0.4, -0.2) is 10.1 Å². The summed E-state index contributed by atoms with van der Waals surface area (Å²) >= 11 is 0. The molecule has 2 heteroatoms. The number of aromatic nitrogens is 1. The van der Waals surface area contributed by atoms with Gasteiger partial charge in [0.2, 0.25) is 0 Å². The van der Waals surface area contributed by atoms with Crippen molar-refractivity contribution in [2.24, 2.45) is 0 Å². The lowest BCUT2D eigenvalue weighted by atomic mass is 10.1. The van der Waals surface area contributed by atoms with Gasteiger partial charge in [-0.25, -0.2) is 0 Å². The van der Waals surface area contributed by atoms with Gasteiger partial charge in [-0.1, -0.05) is 24.3 Å². The molecule has 13 heavy (non-hydrogen) atoms. The SMILES string of the molecule is OC=Cc1cccc2cccnc12. The van der Waals surface area contributed by atoms with Crippen LogP contribution in [0.4, 0.5) is 0 Å². The van der Waals surface area contributed by atoms with E-state index >= 15 is 0 Å². The highest BCUT2D eigenvalue weighted by molar-refractivity contribution is 5.86. The minimum Gasteiger partial charge on any atom is -0.516 e. The van der Waals surface area contributed by atoms with Crippen LogP contribution >= 0.6 is 0 Å². The average molecular weight is 171 g/mol. The predicted molar refractivity (Wildman–Crippen MR) is 53.4 cm³/mol. The van der Waals surface area contributed by atoms with Crippen molar-refractivity contribution in [3.63, 3.8) is 0 Å². The van der Waals surface area contributed by atoms with Gasteiger partial charge in [-0.05, 0) is 12.1 Å². The van der Waals surface area contributed by atoms with Crippen LogP contribution in [0.2, 0.25) is 0 Å². The van der Waals surface area contributed by atoms with Crippen molar-refractivity contribution in [3.05, 3.63) is 48.4 Å². The Hall–Kier alpha value is -1.83. The summed E-state index contributed by atoms with van der Waals surface area (Å²) in [5, 5.41) is 9.75. The molecule has 1 N–H and O–H groups in total. The molecular formula is C11H9NO. The lowest BCUT2D eigenvalue weighted by molar-refractivity contribution is 0.478. The van der Waals surface area contributed by atoms with E-state index in [4.69, 9.17) is 5.11 Å². The van der Waals surface area contributed by atoms with E-state index in [1.54, 1.807) is 12.3 Å². The van der Waals surface area contributed by atoms with Crippen LogP contribution in [0.25, 0.3) is 17.0 Å². The van der Waals surface area contributed by atoms with Crippen molar-refractivity contribution in [3.8, 4) is 0 Å². The molecule has 0 aliphatic carbocycles. The minimum absolute atomic E-state index is 0.912. The first-order valence-corrected chi connectivity index (χ1v) is 4.06. The Bertz CT molecular complexity index is 443. The van der Waals surface area contributed by atoms with Gasteiger partial charge >= 0.3 is 0 Å². The molecule has 0 fully saturated rings. The molecule has 64 valence electrons. The Kier molecular flexibility index (Phi) is 1.96. The van der Waals surface area contributed by atoms with E-state index in [-0.39, 0.29) is 0 Å². The highest BCUT2D eigenvalue weighted by Crippen LogP contribution is 2.16. The van der Waals surface area contributed by atoms with Gasteiger partial charge in [-0.15, -0.1) is 0 Å². The van der Waals surface area contributed by atoms with Crippen LogP contribution in [0.15, 0.2) is 42.8 Å². The number of benzene rings is 1. The van der Waals surface area contributed by atoms with E-state index in [0.29, 0.717) is 0 Å². The number of rotatable bonds is 1. The third kappa shape index (κ3) is 1.38. The smallest absolute Gasteiger partial charge is 0.0798 e. The Morgan fingerprint density at radius 3 is 2.85 bits per heavy atom. The van der Waals surface area contributed by atoms with E-state index in [1.165, 1.54) is 0 Å². The molecule has 0 unspecified atom stereocenters. The van der Waals surface area contributed by atoms with Crippen molar-refractivity contribution < 1.29 is 5.11 Å². The van der Waals surface area contributed by atoms with E-state index in [1.807, 2.05) is 30.3 Å². The van der Waals surface area contributed by atoms with Crippen molar-refractivity contribution in [2.45, 2.75) is 0 Å². The lowest BCUT2D eigenvalue weighted by Crippen LogP contribution is -1.81. The zero-order valence-corrected chi connectivity index (χ0v) is 7.01. The number of para-hydroxylation sites is 1. The molecule has 0 aliphatic heterocycles. The molecule has 1 heterocycles. The predicted octanol–water partition coefficient (Wildman–Crippen LogP) is 2.76. The van der Waals surface area contributed by atoms with Gasteiger partial charge in [0.15, 0.2) is 0 Å². The molecule has 2 rings (SSSR count). The molecule has 2 aromatic rings. The highest BCUT2D eigenvalue weighted by Gasteiger charge is 1.96. The summed E-state index contributed by atoms with van der Waals surface area (Å²) in [5.41, 5.74) is 1.84. The van der Waals surface area contributed by atoms with Crippen molar-refractivity contribution >= 4 is 17.0 Å². The summed E-state index contributed by atoms with van der Waals surface area (Å²) in [5.74, 6) is 0. The second-order valence-corrected chi connectivity index (χ2v) is 2.74. The molecular weight excluding hydrogens is 162 g/mol. The van der Waals surface area contributed by atoms with Gasteiger partial charge in [-0.2, -0.15) is 0 Å². The lowest BCUT2D eigenvalue weighted by Gasteiger charge is -1.99. The average Bonchev–Trinajstić information content (AvgIpc) is 2.19. The van der Waals surface area contributed by atoms with Gasteiger partial charge in [0.1, 0.15) is 0 Å².